The number of para-hydroxylation sites is 2. The number of anilines is 5. The Bertz CT molecular complexity index is 3210. The molecule has 0 bridgehead atoms. The summed E-state index contributed by atoms with van der Waals surface area (Å²) >= 11 is 1.91. The third-order valence-corrected chi connectivity index (χ3v) is 14.8. The Morgan fingerprint density at radius 2 is 1.19 bits per heavy atom. The molecule has 0 unspecified atom stereocenters. The first-order chi connectivity index (χ1) is 28.3. The van der Waals surface area contributed by atoms with Gasteiger partial charge in [-0.1, -0.05) is 142 Å². The second-order valence-electron chi connectivity index (χ2n) is 17.7. The van der Waals surface area contributed by atoms with Crippen LogP contribution in [-0.2, 0) is 10.8 Å². The summed E-state index contributed by atoms with van der Waals surface area (Å²) in [6, 6.07) is 63.0. The number of fused-ring (bicyclic) bond motifs is 16. The topological polar surface area (TPSA) is 6.48 Å². The Labute approximate surface area is 343 Å². The van der Waals surface area contributed by atoms with Crippen molar-refractivity contribution in [1.82, 2.24) is 0 Å². The maximum atomic E-state index is 2.69. The molecule has 274 valence electrons. The van der Waals surface area contributed by atoms with Gasteiger partial charge in [0, 0.05) is 48.5 Å². The van der Waals surface area contributed by atoms with Crippen molar-refractivity contribution in [2.45, 2.75) is 38.5 Å². The minimum atomic E-state index is -0.469. The molecule has 0 saturated carbocycles. The van der Waals surface area contributed by atoms with Gasteiger partial charge in [-0.15, -0.1) is 11.3 Å². The lowest BCUT2D eigenvalue weighted by Gasteiger charge is -2.51. The minimum absolute atomic E-state index is 0.0524. The molecule has 2 nitrogen and oxygen atoms in total. The molecule has 0 radical (unpaired) electrons. The zero-order chi connectivity index (χ0) is 38.7. The molecule has 13 rings (SSSR count). The van der Waals surface area contributed by atoms with Gasteiger partial charge in [-0.3, -0.25) is 0 Å². The summed E-state index contributed by atoms with van der Waals surface area (Å²) in [5, 5.41) is 2.65. The van der Waals surface area contributed by atoms with Crippen molar-refractivity contribution in [3.8, 4) is 22.3 Å². The first-order valence-corrected chi connectivity index (χ1v) is 21.4. The molecular formula is C54H39BN2S. The molecule has 0 fully saturated rings. The van der Waals surface area contributed by atoms with E-state index in [-0.39, 0.29) is 12.3 Å². The third kappa shape index (κ3) is 3.99. The van der Waals surface area contributed by atoms with Gasteiger partial charge < -0.3 is 9.71 Å². The van der Waals surface area contributed by atoms with Gasteiger partial charge >= 0.3 is 6.85 Å². The standard InChI is InChI=1S/C54H39BN2S/c1-32-28-40-38-31-50-39(37-16-7-12-23-49(37)58-50)30-47(38)57(34-26-24-33(25-27-34)53(2,3)4)55-45-21-13-20-44-52(45)56(48(29-32)51(40)55)46-22-11-10-19-43(46)54(44)41-17-8-5-14-35(41)36-15-6-9-18-42(36)54/h5-31H,1-4H3. The van der Waals surface area contributed by atoms with E-state index in [0.29, 0.717) is 0 Å². The van der Waals surface area contributed by atoms with Gasteiger partial charge in [0.25, 0.3) is 0 Å². The van der Waals surface area contributed by atoms with Crippen LogP contribution in [0, 0.1) is 6.92 Å². The number of benzene rings is 8. The molecule has 0 atom stereocenters. The summed E-state index contributed by atoms with van der Waals surface area (Å²) in [7, 11) is 0. The van der Waals surface area contributed by atoms with E-state index in [0.717, 1.165) is 0 Å². The summed E-state index contributed by atoms with van der Waals surface area (Å²) in [6.07, 6.45) is 0. The Morgan fingerprint density at radius 1 is 0.517 bits per heavy atom. The van der Waals surface area contributed by atoms with Gasteiger partial charge in [0.1, 0.15) is 0 Å². The Kier molecular flexibility index (Phi) is 6.31. The second-order valence-corrected chi connectivity index (χ2v) is 18.8. The predicted octanol–water partition coefficient (Wildman–Crippen LogP) is 13.0. The average molecular weight is 759 g/mol. The summed E-state index contributed by atoms with van der Waals surface area (Å²) in [5.74, 6) is 0. The van der Waals surface area contributed by atoms with E-state index in [1.54, 1.807) is 0 Å². The molecule has 1 aromatic heterocycles. The lowest BCUT2D eigenvalue weighted by Crippen LogP contribution is -2.62. The minimum Gasteiger partial charge on any atom is -0.376 e. The quantitative estimate of drug-likeness (QED) is 0.154. The van der Waals surface area contributed by atoms with Gasteiger partial charge in [-0.25, -0.2) is 0 Å². The third-order valence-electron chi connectivity index (χ3n) is 13.6. The van der Waals surface area contributed by atoms with Crippen molar-refractivity contribution in [3.63, 3.8) is 0 Å². The fourth-order valence-electron chi connectivity index (χ4n) is 11.3. The largest absolute Gasteiger partial charge is 0.376 e. The summed E-state index contributed by atoms with van der Waals surface area (Å²) in [4.78, 5) is 5.33. The molecule has 1 spiro atoms. The van der Waals surface area contributed by atoms with E-state index in [1.807, 2.05) is 11.3 Å². The van der Waals surface area contributed by atoms with Crippen molar-refractivity contribution in [3.05, 3.63) is 197 Å². The Hall–Kier alpha value is -6.36. The first kappa shape index (κ1) is 32.7. The van der Waals surface area contributed by atoms with Crippen LogP contribution in [0.4, 0.5) is 28.4 Å². The van der Waals surface area contributed by atoms with Crippen molar-refractivity contribution in [2.24, 2.45) is 0 Å². The van der Waals surface area contributed by atoms with Crippen molar-refractivity contribution < 1.29 is 0 Å². The number of hydrogen-bond donors (Lipinski definition) is 0. The van der Waals surface area contributed by atoms with Crippen molar-refractivity contribution >= 4 is 77.7 Å². The van der Waals surface area contributed by atoms with Crippen LogP contribution in [0.25, 0.3) is 42.4 Å². The molecule has 4 heteroatoms. The molecule has 0 N–H and O–H groups in total. The van der Waals surface area contributed by atoms with E-state index in [4.69, 9.17) is 0 Å². The Morgan fingerprint density at radius 3 is 1.95 bits per heavy atom. The highest BCUT2D eigenvalue weighted by Crippen LogP contribution is 2.64. The highest BCUT2D eigenvalue weighted by Gasteiger charge is 2.55. The zero-order valence-corrected chi connectivity index (χ0v) is 33.8. The number of thiophene rings is 1. The average Bonchev–Trinajstić information content (AvgIpc) is 3.76. The van der Waals surface area contributed by atoms with Crippen LogP contribution in [0.5, 0.6) is 0 Å². The molecule has 1 aliphatic carbocycles. The number of nitrogens with zero attached hydrogens (tertiary/aromatic N) is 2. The zero-order valence-electron chi connectivity index (χ0n) is 33.0. The van der Waals surface area contributed by atoms with Crippen LogP contribution in [0.3, 0.4) is 0 Å². The molecule has 3 aliphatic heterocycles. The normalized spacial score (nSPS) is 14.9. The predicted molar refractivity (Wildman–Crippen MR) is 247 cm³/mol. The molecule has 0 saturated heterocycles. The van der Waals surface area contributed by atoms with Crippen LogP contribution in [-0.4, -0.2) is 6.85 Å². The summed E-state index contributed by atoms with van der Waals surface area (Å²) in [6.45, 7) is 9.14. The van der Waals surface area contributed by atoms with Crippen LogP contribution in [0.15, 0.2) is 164 Å². The number of rotatable bonds is 1. The number of aryl methyl sites for hydroxylation is 1. The molecule has 9 aromatic rings. The van der Waals surface area contributed by atoms with E-state index in [2.05, 4.69) is 201 Å². The van der Waals surface area contributed by atoms with Crippen LogP contribution in [0.2, 0.25) is 0 Å². The highest BCUT2D eigenvalue weighted by atomic mass is 32.1. The molecule has 58 heavy (non-hydrogen) atoms. The smallest absolute Gasteiger partial charge is 0.333 e. The number of hydrogen-bond acceptors (Lipinski definition) is 3. The van der Waals surface area contributed by atoms with Crippen LogP contribution in [0.1, 0.15) is 54.2 Å². The summed E-state index contributed by atoms with van der Waals surface area (Å²) < 4.78 is 2.66. The first-order valence-electron chi connectivity index (χ1n) is 20.5. The van der Waals surface area contributed by atoms with Gasteiger partial charge in [-0.2, -0.15) is 0 Å². The maximum Gasteiger partial charge on any atom is 0.333 e. The molecule has 0 amide bonds. The van der Waals surface area contributed by atoms with Crippen LogP contribution < -0.4 is 20.6 Å². The van der Waals surface area contributed by atoms with E-state index in [9.17, 15) is 0 Å². The van der Waals surface area contributed by atoms with Crippen molar-refractivity contribution in [2.75, 3.05) is 9.71 Å². The second kappa shape index (κ2) is 11.2. The fraction of sp³-hybridized carbons (Fsp3) is 0.111. The van der Waals surface area contributed by atoms with Gasteiger partial charge in [0.05, 0.1) is 11.1 Å². The van der Waals surface area contributed by atoms with E-state index in [1.165, 1.54) is 115 Å². The molecule has 8 aromatic carbocycles. The molecule has 4 aliphatic rings. The monoisotopic (exact) mass is 758 g/mol. The fourth-order valence-corrected chi connectivity index (χ4v) is 12.4. The molecule has 4 heterocycles. The lowest BCUT2D eigenvalue weighted by molar-refractivity contribution is 0.590. The SMILES string of the molecule is Cc1cc2c3c(c1)N1c4ccccc4C4(c5ccccc5-c5ccccc54)c4cccc(c41)B3N(c1ccc(C(C)(C)C)cc1)c1cc3c(cc1-2)sc1ccccc13. The van der Waals surface area contributed by atoms with Gasteiger partial charge in [-0.05, 0) is 116 Å². The van der Waals surface area contributed by atoms with Crippen molar-refractivity contribution in [1.29, 1.82) is 0 Å². The van der Waals surface area contributed by atoms with E-state index >= 15 is 0 Å². The van der Waals surface area contributed by atoms with Gasteiger partial charge in [0.2, 0.25) is 0 Å². The lowest BCUT2D eigenvalue weighted by atomic mass is 9.42. The van der Waals surface area contributed by atoms with E-state index < -0.39 is 5.41 Å². The molecular weight excluding hydrogens is 719 g/mol. The highest BCUT2D eigenvalue weighted by molar-refractivity contribution is 7.25. The van der Waals surface area contributed by atoms with Gasteiger partial charge in [0.15, 0.2) is 0 Å². The maximum absolute atomic E-state index is 2.69. The summed E-state index contributed by atoms with van der Waals surface area (Å²) in [5.41, 5.74) is 21.9. The Balaban J connectivity index is 1.18. The van der Waals surface area contributed by atoms with Crippen LogP contribution >= 0.6 is 11.3 Å².